The molecule has 2 atom stereocenters. The Morgan fingerprint density at radius 2 is 2.09 bits per heavy atom. The highest BCUT2D eigenvalue weighted by atomic mass is 32.1. The lowest BCUT2D eigenvalue weighted by atomic mass is 9.92. The van der Waals surface area contributed by atoms with Gasteiger partial charge in [-0.15, -0.1) is 0 Å². The Labute approximate surface area is 138 Å². The van der Waals surface area contributed by atoms with Crippen LogP contribution in [0.1, 0.15) is 37.5 Å². The highest BCUT2D eigenvalue weighted by Gasteiger charge is 2.28. The Hall–Kier alpha value is -1.99. The topological polar surface area (TPSA) is 89.8 Å². The summed E-state index contributed by atoms with van der Waals surface area (Å²) in [5.41, 5.74) is 7.63. The number of rotatable bonds is 2. The molecule has 2 heterocycles. The van der Waals surface area contributed by atoms with Gasteiger partial charge in [-0.3, -0.25) is 0 Å². The first-order valence-corrected chi connectivity index (χ1v) is 8.71. The molecule has 0 amide bonds. The molecule has 0 saturated heterocycles. The predicted octanol–water partition coefficient (Wildman–Crippen LogP) is 2.92. The maximum atomic E-state index is 10.4. The maximum absolute atomic E-state index is 10.4. The molecule has 1 aliphatic carbocycles. The van der Waals surface area contributed by atoms with E-state index in [1.165, 1.54) is 11.3 Å². The number of fused-ring (bicyclic) bond motifs is 1. The third kappa shape index (κ3) is 2.60. The standard InChI is InChI=1S/C16H19N5OS/c1-9-18-15(21(20-9)12-4-2-3-5-13(12)22)10-6-7-14-11(8-10)19-16(17)23-14/h6-8,12-13,22H,2-5H2,1H3,(H2,17,19)/t12-,13-/m1/s1. The van der Waals surface area contributed by atoms with Crippen molar-refractivity contribution < 1.29 is 5.11 Å². The zero-order chi connectivity index (χ0) is 16.0. The van der Waals surface area contributed by atoms with E-state index >= 15 is 0 Å². The van der Waals surface area contributed by atoms with E-state index < -0.39 is 0 Å². The van der Waals surface area contributed by atoms with Crippen LogP contribution in [-0.4, -0.2) is 31.0 Å². The first-order chi connectivity index (χ1) is 11.1. The number of thiazole rings is 1. The summed E-state index contributed by atoms with van der Waals surface area (Å²) in [4.78, 5) is 8.94. The van der Waals surface area contributed by atoms with Gasteiger partial charge in [0, 0.05) is 5.56 Å². The number of aryl methyl sites for hydroxylation is 1. The molecule has 2 aromatic heterocycles. The largest absolute Gasteiger partial charge is 0.391 e. The number of nitrogens with zero attached hydrogens (tertiary/aromatic N) is 4. The molecular formula is C16H19N5OS. The molecule has 1 aromatic carbocycles. The van der Waals surface area contributed by atoms with Crippen molar-refractivity contribution in [2.75, 3.05) is 5.73 Å². The fraction of sp³-hybridized carbons (Fsp3) is 0.438. The Morgan fingerprint density at radius 1 is 1.26 bits per heavy atom. The van der Waals surface area contributed by atoms with Gasteiger partial charge in [-0.2, -0.15) is 5.10 Å². The quantitative estimate of drug-likeness (QED) is 0.754. The lowest BCUT2D eigenvalue weighted by Gasteiger charge is -2.28. The highest BCUT2D eigenvalue weighted by Crippen LogP contribution is 2.33. The first kappa shape index (κ1) is 14.6. The maximum Gasteiger partial charge on any atom is 0.181 e. The molecule has 1 fully saturated rings. The molecule has 0 bridgehead atoms. The molecule has 1 aliphatic rings. The van der Waals surface area contributed by atoms with Crippen molar-refractivity contribution in [3.63, 3.8) is 0 Å². The average Bonchev–Trinajstić information content (AvgIpc) is 3.08. The lowest BCUT2D eigenvalue weighted by molar-refractivity contribution is 0.0700. The molecule has 0 unspecified atom stereocenters. The Morgan fingerprint density at radius 3 is 2.91 bits per heavy atom. The van der Waals surface area contributed by atoms with E-state index in [0.29, 0.717) is 5.13 Å². The van der Waals surface area contributed by atoms with E-state index in [4.69, 9.17) is 5.73 Å². The van der Waals surface area contributed by atoms with Crippen LogP contribution in [0.25, 0.3) is 21.6 Å². The van der Waals surface area contributed by atoms with Gasteiger partial charge < -0.3 is 10.8 Å². The van der Waals surface area contributed by atoms with Crippen LogP contribution < -0.4 is 5.73 Å². The number of aliphatic hydroxyl groups excluding tert-OH is 1. The van der Waals surface area contributed by atoms with Gasteiger partial charge in [0.2, 0.25) is 0 Å². The Bertz CT molecular complexity index is 855. The van der Waals surface area contributed by atoms with Gasteiger partial charge in [0.15, 0.2) is 11.0 Å². The van der Waals surface area contributed by atoms with Crippen LogP contribution in [0.5, 0.6) is 0 Å². The number of nitrogens with two attached hydrogens (primary N) is 1. The minimum Gasteiger partial charge on any atom is -0.391 e. The van der Waals surface area contributed by atoms with Crippen LogP contribution in [0.4, 0.5) is 5.13 Å². The van der Waals surface area contributed by atoms with Gasteiger partial charge in [0.05, 0.1) is 22.4 Å². The minimum atomic E-state index is -0.359. The second-order valence-corrected chi connectivity index (χ2v) is 7.14. The van der Waals surface area contributed by atoms with E-state index in [1.54, 1.807) is 0 Å². The van der Waals surface area contributed by atoms with E-state index in [0.717, 1.165) is 53.1 Å². The zero-order valence-electron chi connectivity index (χ0n) is 12.9. The van der Waals surface area contributed by atoms with Crippen LogP contribution in [-0.2, 0) is 0 Å². The monoisotopic (exact) mass is 329 g/mol. The van der Waals surface area contributed by atoms with Crippen molar-refractivity contribution in [3.8, 4) is 11.4 Å². The van der Waals surface area contributed by atoms with Gasteiger partial charge in [-0.25, -0.2) is 14.6 Å². The van der Waals surface area contributed by atoms with E-state index in [9.17, 15) is 5.11 Å². The number of hydrogen-bond donors (Lipinski definition) is 2. The molecule has 7 heteroatoms. The summed E-state index contributed by atoms with van der Waals surface area (Å²) in [6.45, 7) is 1.88. The van der Waals surface area contributed by atoms with Crippen LogP contribution in [0.15, 0.2) is 18.2 Å². The summed E-state index contributed by atoms with van der Waals surface area (Å²) >= 11 is 1.48. The van der Waals surface area contributed by atoms with Gasteiger partial charge in [-0.1, -0.05) is 24.2 Å². The number of hydrogen-bond acceptors (Lipinski definition) is 6. The average molecular weight is 329 g/mol. The van der Waals surface area contributed by atoms with Crippen molar-refractivity contribution in [3.05, 3.63) is 24.0 Å². The Kier molecular flexibility index (Phi) is 3.54. The molecule has 3 N–H and O–H groups in total. The van der Waals surface area contributed by atoms with Crippen molar-refractivity contribution in [1.82, 2.24) is 19.7 Å². The minimum absolute atomic E-state index is 0.00356. The Balaban J connectivity index is 1.80. The van der Waals surface area contributed by atoms with Crippen molar-refractivity contribution in [2.24, 2.45) is 0 Å². The van der Waals surface area contributed by atoms with Crippen LogP contribution in [0, 0.1) is 6.92 Å². The first-order valence-electron chi connectivity index (χ1n) is 7.89. The molecular weight excluding hydrogens is 310 g/mol. The number of nitrogen functional groups attached to an aromatic ring is 1. The number of benzene rings is 1. The van der Waals surface area contributed by atoms with Gasteiger partial charge in [0.1, 0.15) is 5.82 Å². The molecule has 0 spiro atoms. The van der Waals surface area contributed by atoms with Crippen molar-refractivity contribution in [1.29, 1.82) is 0 Å². The summed E-state index contributed by atoms with van der Waals surface area (Å²) in [7, 11) is 0. The smallest absolute Gasteiger partial charge is 0.181 e. The third-order valence-electron chi connectivity index (χ3n) is 4.41. The van der Waals surface area contributed by atoms with Crippen LogP contribution in [0.3, 0.4) is 0 Å². The molecule has 0 aliphatic heterocycles. The van der Waals surface area contributed by atoms with Gasteiger partial charge >= 0.3 is 0 Å². The fourth-order valence-electron chi connectivity index (χ4n) is 3.32. The number of aliphatic hydroxyl groups is 1. The van der Waals surface area contributed by atoms with Crippen LogP contribution >= 0.6 is 11.3 Å². The summed E-state index contributed by atoms with van der Waals surface area (Å²) in [6.07, 6.45) is 3.59. The molecule has 23 heavy (non-hydrogen) atoms. The summed E-state index contributed by atoms with van der Waals surface area (Å²) < 4.78 is 2.96. The predicted molar refractivity (Wildman–Crippen MR) is 91.3 cm³/mol. The number of anilines is 1. The summed E-state index contributed by atoms with van der Waals surface area (Å²) in [6, 6.07) is 6.03. The molecule has 1 saturated carbocycles. The molecule has 120 valence electrons. The van der Waals surface area contributed by atoms with E-state index in [1.807, 2.05) is 29.8 Å². The molecule has 6 nitrogen and oxygen atoms in total. The second-order valence-electron chi connectivity index (χ2n) is 6.08. The van der Waals surface area contributed by atoms with Crippen LogP contribution in [0.2, 0.25) is 0 Å². The van der Waals surface area contributed by atoms with Gasteiger partial charge in [0.25, 0.3) is 0 Å². The van der Waals surface area contributed by atoms with Crippen molar-refractivity contribution >= 4 is 26.7 Å². The van der Waals surface area contributed by atoms with E-state index in [-0.39, 0.29) is 12.1 Å². The summed E-state index contributed by atoms with van der Waals surface area (Å²) in [5, 5.41) is 15.5. The summed E-state index contributed by atoms with van der Waals surface area (Å²) in [5.74, 6) is 1.51. The molecule has 3 aromatic rings. The third-order valence-corrected chi connectivity index (χ3v) is 5.27. The number of aromatic nitrogens is 4. The van der Waals surface area contributed by atoms with Gasteiger partial charge in [-0.05, 0) is 38.0 Å². The molecule has 4 rings (SSSR count). The van der Waals surface area contributed by atoms with Crippen molar-refractivity contribution in [2.45, 2.75) is 44.8 Å². The SMILES string of the molecule is Cc1nc(-c2ccc3sc(N)nc3c2)n([C@@H]2CCCC[C@H]2O)n1. The second kappa shape index (κ2) is 5.58. The zero-order valence-corrected chi connectivity index (χ0v) is 13.8. The normalized spacial score (nSPS) is 21.8. The molecule has 0 radical (unpaired) electrons. The lowest BCUT2D eigenvalue weighted by Crippen LogP contribution is -2.28. The van der Waals surface area contributed by atoms with E-state index in [2.05, 4.69) is 15.1 Å². The fourth-order valence-corrected chi connectivity index (χ4v) is 4.03. The highest BCUT2D eigenvalue weighted by molar-refractivity contribution is 7.22.